The van der Waals surface area contributed by atoms with Crippen molar-refractivity contribution >= 4 is 11.8 Å². The van der Waals surface area contributed by atoms with Crippen molar-refractivity contribution in [2.24, 2.45) is 5.41 Å². The summed E-state index contributed by atoms with van der Waals surface area (Å²) < 4.78 is 13.0. The number of hydrogen-bond acceptors (Lipinski definition) is 4. The predicted octanol–water partition coefficient (Wildman–Crippen LogP) is 1.17. The van der Waals surface area contributed by atoms with Crippen LogP contribution in [0.5, 0.6) is 0 Å². The van der Waals surface area contributed by atoms with Crippen LogP contribution in [-0.4, -0.2) is 78.3 Å². The van der Waals surface area contributed by atoms with Gasteiger partial charge in [-0.1, -0.05) is 0 Å². The topological polar surface area (TPSA) is 56.8 Å². The molecule has 2 saturated heterocycles. The van der Waals surface area contributed by atoms with E-state index in [1.165, 1.54) is 12.1 Å². The molecule has 2 fully saturated rings. The van der Waals surface area contributed by atoms with Crippen LogP contribution in [-0.2, 0) is 16.0 Å². The van der Waals surface area contributed by atoms with Crippen molar-refractivity contribution in [3.63, 3.8) is 0 Å². The molecule has 2 aliphatic heterocycles. The zero-order valence-electron chi connectivity index (χ0n) is 15.6. The fourth-order valence-corrected chi connectivity index (χ4v) is 3.93. The van der Waals surface area contributed by atoms with Gasteiger partial charge in [-0.3, -0.25) is 14.6 Å². The van der Waals surface area contributed by atoms with Crippen molar-refractivity contribution in [3.05, 3.63) is 29.8 Å². The van der Waals surface area contributed by atoms with E-state index in [1.54, 1.807) is 4.90 Å². The number of nitrogens with zero attached hydrogens (tertiary/aromatic N) is 4. The highest BCUT2D eigenvalue weighted by molar-refractivity contribution is 5.86. The number of carbonyl (C=O) groups is 2. The Labute approximate surface area is 154 Å². The Balaban J connectivity index is 1.62. The van der Waals surface area contributed by atoms with Crippen LogP contribution in [0.4, 0.5) is 4.39 Å². The lowest BCUT2D eigenvalue weighted by Crippen LogP contribution is -2.50. The average Bonchev–Trinajstić information content (AvgIpc) is 2.91. The van der Waals surface area contributed by atoms with Crippen molar-refractivity contribution in [1.29, 1.82) is 0 Å². The second-order valence-corrected chi connectivity index (χ2v) is 7.69. The molecule has 1 aromatic heterocycles. The number of likely N-dealkylation sites (N-methyl/N-ethyl adjacent to an activating group) is 1. The molecule has 26 heavy (non-hydrogen) atoms. The third-order valence-electron chi connectivity index (χ3n) is 5.47. The van der Waals surface area contributed by atoms with Crippen molar-refractivity contribution in [3.8, 4) is 0 Å². The quantitative estimate of drug-likeness (QED) is 0.789. The van der Waals surface area contributed by atoms with E-state index in [-0.39, 0.29) is 18.2 Å². The first-order valence-corrected chi connectivity index (χ1v) is 9.22. The first-order valence-electron chi connectivity index (χ1n) is 9.22. The molecule has 142 valence electrons. The maximum Gasteiger partial charge on any atom is 0.230 e. The van der Waals surface area contributed by atoms with Gasteiger partial charge in [-0.25, -0.2) is 4.39 Å². The Morgan fingerprint density at radius 3 is 2.81 bits per heavy atom. The molecular formula is C19H27FN4O2. The molecule has 2 aliphatic rings. The van der Waals surface area contributed by atoms with Gasteiger partial charge < -0.3 is 14.7 Å². The fraction of sp³-hybridized carbons (Fsp3) is 0.632. The molecule has 0 bridgehead atoms. The van der Waals surface area contributed by atoms with Gasteiger partial charge in [-0.15, -0.1) is 0 Å². The van der Waals surface area contributed by atoms with Gasteiger partial charge in [0.2, 0.25) is 11.8 Å². The molecule has 0 N–H and O–H groups in total. The molecule has 0 radical (unpaired) electrons. The maximum atomic E-state index is 13.0. The fourth-order valence-electron chi connectivity index (χ4n) is 3.93. The minimum Gasteiger partial charge on any atom is -0.341 e. The van der Waals surface area contributed by atoms with Gasteiger partial charge in [0.1, 0.15) is 5.82 Å². The summed E-state index contributed by atoms with van der Waals surface area (Å²) >= 11 is 0. The van der Waals surface area contributed by atoms with Gasteiger partial charge in [0.15, 0.2) is 0 Å². The van der Waals surface area contributed by atoms with Gasteiger partial charge in [-0.2, -0.15) is 0 Å². The van der Waals surface area contributed by atoms with Crippen molar-refractivity contribution in [2.45, 2.75) is 25.7 Å². The van der Waals surface area contributed by atoms with Gasteiger partial charge in [0, 0.05) is 38.4 Å². The molecule has 6 nitrogen and oxygen atoms in total. The number of carbonyl (C=O) groups excluding carboxylic acids is 2. The third-order valence-corrected chi connectivity index (χ3v) is 5.47. The number of piperidine rings is 1. The zero-order chi connectivity index (χ0) is 18.7. The largest absolute Gasteiger partial charge is 0.341 e. The second kappa shape index (κ2) is 7.70. The monoisotopic (exact) mass is 362 g/mol. The summed E-state index contributed by atoms with van der Waals surface area (Å²) in [6.07, 6.45) is 3.79. The smallest absolute Gasteiger partial charge is 0.230 e. The second-order valence-electron chi connectivity index (χ2n) is 7.69. The lowest BCUT2D eigenvalue weighted by molar-refractivity contribution is -0.143. The summed E-state index contributed by atoms with van der Waals surface area (Å²) in [5.41, 5.74) is 0.137. The number of pyridine rings is 1. The lowest BCUT2D eigenvalue weighted by Gasteiger charge is -2.39. The van der Waals surface area contributed by atoms with Crippen LogP contribution in [0.3, 0.4) is 0 Å². The number of likely N-dealkylation sites (tertiary alicyclic amines) is 2. The lowest BCUT2D eigenvalue weighted by atomic mass is 9.78. The standard InChI is InChI=1S/C19H27FN4O2/c1-22(2)10-11-23-9-7-19(18(23)26)6-3-8-24(14-19)17(25)12-16-5-4-15(20)13-21-16/h4-5,13H,3,6-12,14H2,1-2H3. The van der Waals surface area contributed by atoms with Crippen LogP contribution in [0.15, 0.2) is 18.3 Å². The highest BCUT2D eigenvalue weighted by atomic mass is 19.1. The molecule has 2 amide bonds. The number of amides is 2. The minimum absolute atomic E-state index is 0.0391. The normalized spacial score (nSPS) is 23.3. The Kier molecular flexibility index (Phi) is 5.55. The van der Waals surface area contributed by atoms with Gasteiger partial charge in [0.05, 0.1) is 18.0 Å². The van der Waals surface area contributed by atoms with Crippen LogP contribution >= 0.6 is 0 Å². The van der Waals surface area contributed by atoms with Crippen LogP contribution in [0.1, 0.15) is 25.0 Å². The molecule has 0 aromatic carbocycles. The summed E-state index contributed by atoms with van der Waals surface area (Å²) in [6.45, 7) is 3.52. The number of rotatable bonds is 5. The van der Waals surface area contributed by atoms with Crippen LogP contribution < -0.4 is 0 Å². The molecule has 1 atom stereocenters. The highest BCUT2D eigenvalue weighted by Crippen LogP contribution is 2.40. The minimum atomic E-state index is -0.420. The number of halogens is 1. The average molecular weight is 362 g/mol. The molecule has 1 unspecified atom stereocenters. The molecule has 3 heterocycles. The molecular weight excluding hydrogens is 335 g/mol. The van der Waals surface area contributed by atoms with E-state index in [0.717, 1.165) is 45.1 Å². The van der Waals surface area contributed by atoms with Crippen LogP contribution in [0.25, 0.3) is 0 Å². The summed E-state index contributed by atoms with van der Waals surface area (Å²) in [7, 11) is 4.00. The molecule has 1 aromatic rings. The van der Waals surface area contributed by atoms with E-state index in [2.05, 4.69) is 9.88 Å². The first-order chi connectivity index (χ1) is 12.4. The van der Waals surface area contributed by atoms with E-state index in [1.807, 2.05) is 19.0 Å². The summed E-state index contributed by atoms with van der Waals surface area (Å²) in [5.74, 6) is -0.257. The molecule has 7 heteroatoms. The van der Waals surface area contributed by atoms with E-state index in [9.17, 15) is 14.0 Å². The van der Waals surface area contributed by atoms with Gasteiger partial charge >= 0.3 is 0 Å². The SMILES string of the molecule is CN(C)CCN1CCC2(CCCN(C(=O)Cc3ccc(F)cn3)C2)C1=O. The Morgan fingerprint density at radius 1 is 1.31 bits per heavy atom. The summed E-state index contributed by atoms with van der Waals surface area (Å²) in [6, 6.07) is 2.85. The van der Waals surface area contributed by atoms with Crippen LogP contribution in [0, 0.1) is 11.2 Å². The van der Waals surface area contributed by atoms with E-state index < -0.39 is 11.2 Å². The summed E-state index contributed by atoms with van der Waals surface area (Å²) in [5, 5.41) is 0. The first kappa shape index (κ1) is 18.8. The summed E-state index contributed by atoms with van der Waals surface area (Å²) in [4.78, 5) is 35.4. The molecule has 0 saturated carbocycles. The Bertz CT molecular complexity index is 664. The number of hydrogen-bond donors (Lipinski definition) is 0. The van der Waals surface area contributed by atoms with Gasteiger partial charge in [-0.05, 0) is 45.5 Å². The Hall–Kier alpha value is -2.02. The van der Waals surface area contributed by atoms with Crippen molar-refractivity contribution < 1.29 is 14.0 Å². The highest BCUT2D eigenvalue weighted by Gasteiger charge is 2.49. The molecule has 1 spiro atoms. The van der Waals surface area contributed by atoms with Gasteiger partial charge in [0.25, 0.3) is 0 Å². The zero-order valence-corrected chi connectivity index (χ0v) is 15.6. The van der Waals surface area contributed by atoms with Crippen LogP contribution in [0.2, 0.25) is 0 Å². The third kappa shape index (κ3) is 4.03. The Morgan fingerprint density at radius 2 is 2.12 bits per heavy atom. The number of aromatic nitrogens is 1. The van der Waals surface area contributed by atoms with E-state index in [0.29, 0.717) is 18.8 Å². The molecule has 0 aliphatic carbocycles. The van der Waals surface area contributed by atoms with E-state index in [4.69, 9.17) is 0 Å². The molecule has 3 rings (SSSR count). The van der Waals surface area contributed by atoms with Crippen molar-refractivity contribution in [1.82, 2.24) is 19.7 Å². The predicted molar refractivity (Wildman–Crippen MR) is 95.9 cm³/mol. The van der Waals surface area contributed by atoms with Crippen molar-refractivity contribution in [2.75, 3.05) is 46.8 Å². The maximum absolute atomic E-state index is 13.0. The van der Waals surface area contributed by atoms with E-state index >= 15 is 0 Å².